The average molecular weight is 362 g/mol. The number of ether oxygens (including phenoxy) is 1. The molecular formula is C21H31NO2S. The Morgan fingerprint density at radius 2 is 2.04 bits per heavy atom. The second-order valence-corrected chi connectivity index (χ2v) is 8.60. The van der Waals surface area contributed by atoms with Crippen molar-refractivity contribution in [3.8, 4) is 5.75 Å². The zero-order valence-electron chi connectivity index (χ0n) is 15.6. The minimum absolute atomic E-state index is 0.342. The zero-order valence-corrected chi connectivity index (χ0v) is 16.4. The third-order valence-electron chi connectivity index (χ3n) is 5.79. The van der Waals surface area contributed by atoms with Gasteiger partial charge >= 0.3 is 0 Å². The first kappa shape index (κ1) is 18.8. The molecule has 0 radical (unpaired) electrons. The Balaban J connectivity index is 1.59. The van der Waals surface area contributed by atoms with Gasteiger partial charge in [-0.15, -0.1) is 11.8 Å². The van der Waals surface area contributed by atoms with E-state index in [0.717, 1.165) is 43.9 Å². The molecule has 25 heavy (non-hydrogen) atoms. The first-order valence-electron chi connectivity index (χ1n) is 9.72. The predicted octanol–water partition coefficient (Wildman–Crippen LogP) is 4.71. The van der Waals surface area contributed by atoms with E-state index in [0.29, 0.717) is 23.0 Å². The lowest BCUT2D eigenvalue weighted by Crippen LogP contribution is -2.35. The first-order chi connectivity index (χ1) is 12.2. The molecule has 3 nitrogen and oxygen atoms in total. The number of hydrogen-bond donors (Lipinski definition) is 0. The minimum atomic E-state index is 0.342. The third kappa shape index (κ3) is 4.59. The summed E-state index contributed by atoms with van der Waals surface area (Å²) in [5.74, 6) is 3.37. The SMILES string of the molecule is COc1ccccc1C(C)C1SCCN1CCC(=O)C1CCCCC1. The summed E-state index contributed by atoms with van der Waals surface area (Å²) >= 11 is 2.02. The van der Waals surface area contributed by atoms with Gasteiger partial charge in [0, 0.05) is 37.1 Å². The van der Waals surface area contributed by atoms with E-state index in [9.17, 15) is 4.79 Å². The molecule has 1 saturated carbocycles. The van der Waals surface area contributed by atoms with Gasteiger partial charge in [0.15, 0.2) is 0 Å². The van der Waals surface area contributed by atoms with Crippen LogP contribution in [0, 0.1) is 5.92 Å². The van der Waals surface area contributed by atoms with Gasteiger partial charge in [0.2, 0.25) is 0 Å². The van der Waals surface area contributed by atoms with Crippen LogP contribution in [0.1, 0.15) is 56.9 Å². The van der Waals surface area contributed by atoms with Crippen LogP contribution in [-0.4, -0.2) is 42.0 Å². The number of benzene rings is 1. The molecule has 2 fully saturated rings. The van der Waals surface area contributed by atoms with Crippen molar-refractivity contribution in [2.45, 2.75) is 56.7 Å². The summed E-state index contributed by atoms with van der Waals surface area (Å²) in [7, 11) is 1.74. The zero-order chi connectivity index (χ0) is 17.6. The van der Waals surface area contributed by atoms with E-state index < -0.39 is 0 Å². The molecule has 2 unspecified atom stereocenters. The van der Waals surface area contributed by atoms with Crippen LogP contribution in [0.15, 0.2) is 24.3 Å². The molecule has 1 aliphatic heterocycles. The summed E-state index contributed by atoms with van der Waals surface area (Å²) in [4.78, 5) is 15.1. The number of rotatable bonds is 7. The number of thioether (sulfide) groups is 1. The van der Waals surface area contributed by atoms with E-state index in [2.05, 4.69) is 24.0 Å². The van der Waals surface area contributed by atoms with Crippen molar-refractivity contribution >= 4 is 17.5 Å². The van der Waals surface area contributed by atoms with Crippen molar-refractivity contribution in [1.29, 1.82) is 0 Å². The summed E-state index contributed by atoms with van der Waals surface area (Å²) in [6, 6.07) is 8.33. The first-order valence-corrected chi connectivity index (χ1v) is 10.8. The fraction of sp³-hybridized carbons (Fsp3) is 0.667. The molecule has 0 amide bonds. The summed E-state index contributed by atoms with van der Waals surface area (Å²) in [5, 5.41) is 0.440. The summed E-state index contributed by atoms with van der Waals surface area (Å²) in [6.45, 7) is 4.29. The van der Waals surface area contributed by atoms with Gasteiger partial charge in [0.1, 0.15) is 11.5 Å². The molecular weight excluding hydrogens is 330 g/mol. The van der Waals surface area contributed by atoms with Crippen molar-refractivity contribution in [2.75, 3.05) is 26.0 Å². The quantitative estimate of drug-likeness (QED) is 0.703. The Bertz CT molecular complexity index is 571. The smallest absolute Gasteiger partial charge is 0.137 e. The molecule has 2 aliphatic rings. The van der Waals surface area contributed by atoms with E-state index >= 15 is 0 Å². The number of Topliss-reactive ketones (excluding diaryl/α,β-unsaturated/α-hetero) is 1. The molecule has 0 aromatic heterocycles. The highest BCUT2D eigenvalue weighted by Crippen LogP contribution is 2.39. The molecule has 4 heteroatoms. The van der Waals surface area contributed by atoms with Crippen molar-refractivity contribution in [3.63, 3.8) is 0 Å². The molecule has 1 aromatic carbocycles. The van der Waals surface area contributed by atoms with Crippen LogP contribution >= 0.6 is 11.8 Å². The molecule has 1 aromatic rings. The highest BCUT2D eigenvalue weighted by Gasteiger charge is 2.32. The topological polar surface area (TPSA) is 29.5 Å². The molecule has 3 rings (SSSR count). The molecule has 1 saturated heterocycles. The normalized spacial score (nSPS) is 23.5. The molecule has 1 aliphatic carbocycles. The number of carbonyl (C=O) groups is 1. The number of para-hydroxylation sites is 1. The highest BCUT2D eigenvalue weighted by molar-refractivity contribution is 8.00. The van der Waals surface area contributed by atoms with Gasteiger partial charge < -0.3 is 4.74 Å². The Hall–Kier alpha value is -1.00. The number of carbonyl (C=O) groups excluding carboxylic acids is 1. The van der Waals surface area contributed by atoms with E-state index in [1.165, 1.54) is 24.8 Å². The lowest BCUT2D eigenvalue weighted by molar-refractivity contribution is -0.124. The Kier molecular flexibility index (Phi) is 6.83. The molecule has 0 N–H and O–H groups in total. The summed E-state index contributed by atoms with van der Waals surface area (Å²) in [5.41, 5.74) is 1.27. The van der Waals surface area contributed by atoms with Gasteiger partial charge in [-0.25, -0.2) is 0 Å². The second-order valence-electron chi connectivity index (χ2n) is 7.38. The summed E-state index contributed by atoms with van der Waals surface area (Å²) in [6.07, 6.45) is 6.75. The number of hydrogen-bond acceptors (Lipinski definition) is 4. The molecule has 1 heterocycles. The van der Waals surface area contributed by atoms with Crippen LogP contribution in [0.25, 0.3) is 0 Å². The van der Waals surface area contributed by atoms with E-state index in [1.807, 2.05) is 23.9 Å². The largest absolute Gasteiger partial charge is 0.496 e. The minimum Gasteiger partial charge on any atom is -0.496 e. The standard InChI is InChI=1S/C21H31NO2S/c1-16(18-10-6-7-11-20(18)24-2)21-22(14-15-25-21)13-12-19(23)17-8-4-3-5-9-17/h6-7,10-11,16-17,21H,3-5,8-9,12-15H2,1-2H3. The number of ketones is 1. The fourth-order valence-corrected chi connectivity index (χ4v) is 5.74. The van der Waals surface area contributed by atoms with Crippen LogP contribution in [0.5, 0.6) is 5.75 Å². The second kappa shape index (κ2) is 9.09. The van der Waals surface area contributed by atoms with Gasteiger partial charge in [0.25, 0.3) is 0 Å². The maximum Gasteiger partial charge on any atom is 0.137 e. The molecule has 138 valence electrons. The van der Waals surface area contributed by atoms with Crippen LogP contribution in [0.4, 0.5) is 0 Å². The third-order valence-corrected chi connectivity index (χ3v) is 7.26. The fourth-order valence-electron chi connectivity index (χ4n) is 4.30. The lowest BCUT2D eigenvalue weighted by Gasteiger charge is -2.30. The van der Waals surface area contributed by atoms with Crippen LogP contribution in [-0.2, 0) is 4.79 Å². The van der Waals surface area contributed by atoms with Gasteiger partial charge in [-0.05, 0) is 24.5 Å². The lowest BCUT2D eigenvalue weighted by atomic mass is 9.85. The number of nitrogens with zero attached hydrogens (tertiary/aromatic N) is 1. The van der Waals surface area contributed by atoms with Gasteiger partial charge in [-0.1, -0.05) is 44.4 Å². The van der Waals surface area contributed by atoms with Gasteiger partial charge in [-0.3, -0.25) is 9.69 Å². The summed E-state index contributed by atoms with van der Waals surface area (Å²) < 4.78 is 5.56. The van der Waals surface area contributed by atoms with Gasteiger partial charge in [-0.2, -0.15) is 0 Å². The highest BCUT2D eigenvalue weighted by atomic mass is 32.2. The Morgan fingerprint density at radius 3 is 2.80 bits per heavy atom. The van der Waals surface area contributed by atoms with Crippen molar-refractivity contribution < 1.29 is 9.53 Å². The molecule has 0 spiro atoms. The van der Waals surface area contributed by atoms with Crippen molar-refractivity contribution in [2.24, 2.45) is 5.92 Å². The Labute approximate surface area is 156 Å². The van der Waals surface area contributed by atoms with Gasteiger partial charge in [0.05, 0.1) is 12.5 Å². The maximum absolute atomic E-state index is 12.5. The molecule has 2 atom stereocenters. The Morgan fingerprint density at radius 1 is 1.28 bits per heavy atom. The van der Waals surface area contributed by atoms with E-state index in [1.54, 1.807) is 7.11 Å². The van der Waals surface area contributed by atoms with E-state index in [-0.39, 0.29) is 0 Å². The monoisotopic (exact) mass is 361 g/mol. The van der Waals surface area contributed by atoms with Crippen LogP contribution in [0.2, 0.25) is 0 Å². The van der Waals surface area contributed by atoms with E-state index in [4.69, 9.17) is 4.74 Å². The van der Waals surface area contributed by atoms with Crippen molar-refractivity contribution in [3.05, 3.63) is 29.8 Å². The molecule has 0 bridgehead atoms. The average Bonchev–Trinajstić information content (AvgIpc) is 3.14. The predicted molar refractivity (Wildman–Crippen MR) is 105 cm³/mol. The van der Waals surface area contributed by atoms with Crippen molar-refractivity contribution in [1.82, 2.24) is 4.90 Å². The van der Waals surface area contributed by atoms with Crippen LogP contribution in [0.3, 0.4) is 0 Å². The van der Waals surface area contributed by atoms with Crippen LogP contribution < -0.4 is 4.74 Å². The number of methoxy groups -OCH3 is 1. The maximum atomic E-state index is 12.5.